The van der Waals surface area contributed by atoms with Crippen LogP contribution in [0.15, 0.2) is 63.9 Å². The molecule has 4 aromatic rings. The van der Waals surface area contributed by atoms with Crippen molar-refractivity contribution in [1.82, 2.24) is 9.38 Å². The number of halogens is 1. The maximum absolute atomic E-state index is 12.5. The average Bonchev–Trinajstić information content (AvgIpc) is 3.09. The topological polar surface area (TPSA) is 69.9 Å². The summed E-state index contributed by atoms with van der Waals surface area (Å²) in [6.07, 6.45) is 2.93. The van der Waals surface area contributed by atoms with Crippen molar-refractivity contribution < 1.29 is 14.3 Å². The SMILES string of the molecule is COc1ccc(Br)cc1C=CC(=O)OCc1cc(=O)n2c(n1)sc1ccccc12. The zero-order valence-electron chi connectivity index (χ0n) is 15.3. The van der Waals surface area contributed by atoms with Gasteiger partial charge in [-0.05, 0) is 36.4 Å². The molecule has 0 bridgehead atoms. The van der Waals surface area contributed by atoms with Gasteiger partial charge < -0.3 is 9.47 Å². The molecule has 0 amide bonds. The second kappa shape index (κ2) is 8.18. The Kier molecular flexibility index (Phi) is 5.46. The Morgan fingerprint density at radius 3 is 2.90 bits per heavy atom. The number of para-hydroxylation sites is 1. The number of ether oxygens (including phenoxy) is 2. The van der Waals surface area contributed by atoms with Gasteiger partial charge in [-0.3, -0.25) is 9.20 Å². The molecule has 0 atom stereocenters. The van der Waals surface area contributed by atoms with Gasteiger partial charge in [0.2, 0.25) is 0 Å². The standard InChI is InChI=1S/C21H15BrN2O4S/c1-27-17-8-7-14(22)10-13(17)6-9-20(26)28-12-15-11-19(25)24-16-4-2-3-5-18(16)29-21(24)23-15/h2-11H,12H2,1H3. The zero-order chi connectivity index (χ0) is 20.4. The molecule has 29 heavy (non-hydrogen) atoms. The van der Waals surface area contributed by atoms with Crippen molar-refractivity contribution in [1.29, 1.82) is 0 Å². The van der Waals surface area contributed by atoms with E-state index < -0.39 is 5.97 Å². The molecule has 0 radical (unpaired) electrons. The third-order valence-corrected chi connectivity index (χ3v) is 5.72. The summed E-state index contributed by atoms with van der Waals surface area (Å²) >= 11 is 4.80. The Labute approximate surface area is 178 Å². The lowest BCUT2D eigenvalue weighted by molar-refractivity contribution is -0.139. The summed E-state index contributed by atoms with van der Waals surface area (Å²) in [7, 11) is 1.56. The van der Waals surface area contributed by atoms with Crippen LogP contribution in [0.25, 0.3) is 21.3 Å². The maximum Gasteiger partial charge on any atom is 0.331 e. The summed E-state index contributed by atoms with van der Waals surface area (Å²) in [6.45, 7) is -0.0845. The summed E-state index contributed by atoms with van der Waals surface area (Å²) in [5, 5.41) is 0. The molecule has 2 heterocycles. The van der Waals surface area contributed by atoms with E-state index in [2.05, 4.69) is 20.9 Å². The molecule has 0 spiro atoms. The van der Waals surface area contributed by atoms with Crippen LogP contribution in [0, 0.1) is 0 Å². The molecule has 0 aliphatic carbocycles. The fourth-order valence-corrected chi connectivity index (χ4v) is 4.31. The lowest BCUT2D eigenvalue weighted by atomic mass is 10.2. The van der Waals surface area contributed by atoms with E-state index >= 15 is 0 Å². The van der Waals surface area contributed by atoms with Gasteiger partial charge in [0.05, 0.1) is 23.0 Å². The average molecular weight is 471 g/mol. The van der Waals surface area contributed by atoms with Crippen molar-refractivity contribution in [3.8, 4) is 5.75 Å². The van der Waals surface area contributed by atoms with Gasteiger partial charge in [-0.25, -0.2) is 9.78 Å². The molecular formula is C21H15BrN2O4S. The van der Waals surface area contributed by atoms with Crippen LogP contribution in [0.4, 0.5) is 0 Å². The first kappa shape index (κ1) is 19.4. The van der Waals surface area contributed by atoms with Crippen LogP contribution in [0.3, 0.4) is 0 Å². The van der Waals surface area contributed by atoms with Crippen molar-refractivity contribution in [3.05, 3.63) is 80.7 Å². The van der Waals surface area contributed by atoms with Crippen molar-refractivity contribution >= 4 is 54.5 Å². The number of hydrogen-bond donors (Lipinski definition) is 0. The molecule has 0 fully saturated rings. The molecule has 0 aliphatic rings. The molecule has 0 aliphatic heterocycles. The molecule has 0 N–H and O–H groups in total. The quantitative estimate of drug-likeness (QED) is 0.318. The molecule has 0 saturated heterocycles. The van der Waals surface area contributed by atoms with Gasteiger partial charge in [0.1, 0.15) is 12.4 Å². The van der Waals surface area contributed by atoms with Crippen LogP contribution in [0.5, 0.6) is 5.75 Å². The lowest BCUT2D eigenvalue weighted by Crippen LogP contribution is -2.15. The number of hydrogen-bond acceptors (Lipinski definition) is 6. The molecule has 0 saturated carbocycles. The Morgan fingerprint density at radius 2 is 2.07 bits per heavy atom. The smallest absolute Gasteiger partial charge is 0.331 e. The zero-order valence-corrected chi connectivity index (χ0v) is 17.7. The van der Waals surface area contributed by atoms with E-state index in [1.54, 1.807) is 23.7 Å². The summed E-state index contributed by atoms with van der Waals surface area (Å²) in [5.74, 6) is 0.104. The van der Waals surface area contributed by atoms with Gasteiger partial charge in [-0.2, -0.15) is 0 Å². The van der Waals surface area contributed by atoms with E-state index in [-0.39, 0.29) is 12.2 Å². The highest BCUT2D eigenvalue weighted by Crippen LogP contribution is 2.25. The molecule has 6 nitrogen and oxygen atoms in total. The van der Waals surface area contributed by atoms with Crippen molar-refractivity contribution in [2.45, 2.75) is 6.61 Å². The predicted octanol–water partition coefficient (Wildman–Crippen LogP) is 4.44. The van der Waals surface area contributed by atoms with E-state index in [1.165, 1.54) is 23.5 Å². The van der Waals surface area contributed by atoms with Crippen molar-refractivity contribution in [3.63, 3.8) is 0 Å². The van der Waals surface area contributed by atoms with E-state index in [9.17, 15) is 9.59 Å². The molecule has 0 unspecified atom stereocenters. The minimum atomic E-state index is -0.537. The summed E-state index contributed by atoms with van der Waals surface area (Å²) < 4.78 is 13.9. The molecule has 2 aromatic carbocycles. The molecule has 8 heteroatoms. The van der Waals surface area contributed by atoms with Crippen LogP contribution in [0.1, 0.15) is 11.3 Å². The van der Waals surface area contributed by atoms with Gasteiger partial charge in [0.25, 0.3) is 5.56 Å². The minimum Gasteiger partial charge on any atom is -0.496 e. The first-order valence-corrected chi connectivity index (χ1v) is 10.2. The Bertz CT molecular complexity index is 1310. The second-order valence-corrected chi connectivity index (χ2v) is 8.03. The Morgan fingerprint density at radius 1 is 1.24 bits per heavy atom. The molecular weight excluding hydrogens is 456 g/mol. The van der Waals surface area contributed by atoms with Crippen LogP contribution >= 0.6 is 27.3 Å². The summed E-state index contributed by atoms with van der Waals surface area (Å²) in [5.41, 5.74) is 1.76. The van der Waals surface area contributed by atoms with E-state index in [1.807, 2.05) is 36.4 Å². The summed E-state index contributed by atoms with van der Waals surface area (Å²) in [6, 6.07) is 14.5. The largest absolute Gasteiger partial charge is 0.496 e. The Hall–Kier alpha value is -2.97. The number of esters is 1. The van der Waals surface area contributed by atoms with Gasteiger partial charge >= 0.3 is 5.97 Å². The van der Waals surface area contributed by atoms with Gasteiger partial charge in [0.15, 0.2) is 4.96 Å². The number of methoxy groups -OCH3 is 1. The van der Waals surface area contributed by atoms with E-state index in [4.69, 9.17) is 9.47 Å². The normalized spacial score (nSPS) is 11.4. The fourth-order valence-electron chi connectivity index (χ4n) is 2.88. The first-order chi connectivity index (χ1) is 14.0. The number of aromatic nitrogens is 2. The number of nitrogens with zero attached hydrogens (tertiary/aromatic N) is 2. The third-order valence-electron chi connectivity index (χ3n) is 4.20. The van der Waals surface area contributed by atoms with Crippen LogP contribution < -0.4 is 10.3 Å². The summed E-state index contributed by atoms with van der Waals surface area (Å²) in [4.78, 5) is 29.6. The van der Waals surface area contributed by atoms with Crippen molar-refractivity contribution in [2.75, 3.05) is 7.11 Å². The lowest BCUT2D eigenvalue weighted by Gasteiger charge is -2.05. The highest BCUT2D eigenvalue weighted by Gasteiger charge is 2.10. The third kappa shape index (κ3) is 4.08. The number of rotatable bonds is 5. The molecule has 146 valence electrons. The van der Waals surface area contributed by atoms with E-state index in [0.29, 0.717) is 16.4 Å². The van der Waals surface area contributed by atoms with Gasteiger partial charge in [-0.15, -0.1) is 0 Å². The highest BCUT2D eigenvalue weighted by atomic mass is 79.9. The monoisotopic (exact) mass is 470 g/mol. The van der Waals surface area contributed by atoms with Crippen LogP contribution in [0.2, 0.25) is 0 Å². The van der Waals surface area contributed by atoms with E-state index in [0.717, 1.165) is 20.3 Å². The van der Waals surface area contributed by atoms with Gasteiger partial charge in [-0.1, -0.05) is 39.4 Å². The number of carbonyl (C=O) groups is 1. The van der Waals surface area contributed by atoms with Crippen LogP contribution in [-0.2, 0) is 16.1 Å². The second-order valence-electron chi connectivity index (χ2n) is 6.10. The first-order valence-electron chi connectivity index (χ1n) is 8.64. The minimum absolute atomic E-state index is 0.0845. The predicted molar refractivity (Wildman–Crippen MR) is 116 cm³/mol. The van der Waals surface area contributed by atoms with Crippen LogP contribution in [-0.4, -0.2) is 22.5 Å². The number of carbonyl (C=O) groups excluding carboxylic acids is 1. The number of fused-ring (bicyclic) bond motifs is 3. The number of benzene rings is 2. The number of thiazole rings is 1. The van der Waals surface area contributed by atoms with Crippen molar-refractivity contribution in [2.24, 2.45) is 0 Å². The molecule has 2 aromatic heterocycles. The highest BCUT2D eigenvalue weighted by molar-refractivity contribution is 9.10. The fraction of sp³-hybridized carbons (Fsp3) is 0.0952. The van der Waals surface area contributed by atoms with Gasteiger partial charge in [0, 0.05) is 22.2 Å². The molecule has 4 rings (SSSR count). The maximum atomic E-state index is 12.5. The Balaban J connectivity index is 1.51.